The lowest BCUT2D eigenvalue weighted by Gasteiger charge is -2.22. The maximum absolute atomic E-state index is 12.4. The van der Waals surface area contributed by atoms with E-state index in [2.05, 4.69) is 0 Å². The Balaban J connectivity index is 2.22. The first-order chi connectivity index (χ1) is 10.8. The molecule has 6 nitrogen and oxygen atoms in total. The predicted molar refractivity (Wildman–Crippen MR) is 90.4 cm³/mol. The summed E-state index contributed by atoms with van der Waals surface area (Å²) in [5.41, 5.74) is 0. The maximum atomic E-state index is 12.4. The normalized spacial score (nSPS) is 12.7. The molecule has 0 spiro atoms. The van der Waals surface area contributed by atoms with Gasteiger partial charge in [-0.05, 0) is 24.3 Å². The monoisotopic (exact) mass is 372 g/mol. The Morgan fingerprint density at radius 1 is 0.652 bits per heavy atom. The molecule has 0 heterocycles. The molecular weight excluding hydrogens is 356 g/mol. The van der Waals surface area contributed by atoms with Crippen LogP contribution in [0.15, 0.2) is 70.5 Å². The van der Waals surface area contributed by atoms with Crippen molar-refractivity contribution in [3.05, 3.63) is 60.7 Å². The van der Waals surface area contributed by atoms with Gasteiger partial charge in [-0.25, -0.2) is 16.8 Å². The highest BCUT2D eigenvalue weighted by Gasteiger charge is 2.28. The Bertz CT molecular complexity index is 780. The van der Waals surface area contributed by atoms with Gasteiger partial charge in [0.1, 0.15) is 0 Å². The molecular formula is C14H16N2O4S3. The summed E-state index contributed by atoms with van der Waals surface area (Å²) in [7, 11) is -4.95. The van der Waals surface area contributed by atoms with E-state index < -0.39 is 20.0 Å². The van der Waals surface area contributed by atoms with Gasteiger partial charge in [0.2, 0.25) is 0 Å². The third-order valence-corrected chi connectivity index (χ3v) is 8.12. The van der Waals surface area contributed by atoms with Gasteiger partial charge in [0, 0.05) is 26.2 Å². The van der Waals surface area contributed by atoms with Crippen LogP contribution in [0, 0.1) is 0 Å². The molecule has 0 aliphatic carbocycles. The van der Waals surface area contributed by atoms with Crippen LogP contribution in [0.5, 0.6) is 0 Å². The first-order valence-corrected chi connectivity index (χ1v) is 10.1. The summed E-state index contributed by atoms with van der Waals surface area (Å²) >= 11 is 0.594. The Morgan fingerprint density at radius 2 is 0.957 bits per heavy atom. The van der Waals surface area contributed by atoms with Gasteiger partial charge in [-0.2, -0.15) is 0 Å². The molecule has 0 saturated heterocycles. The fourth-order valence-corrected chi connectivity index (χ4v) is 5.60. The molecule has 0 N–H and O–H groups in total. The average molecular weight is 372 g/mol. The molecule has 0 atom stereocenters. The molecule has 0 aromatic heterocycles. The number of hydrogen-bond donors (Lipinski definition) is 0. The van der Waals surface area contributed by atoms with Crippen molar-refractivity contribution < 1.29 is 16.8 Å². The average Bonchev–Trinajstić information content (AvgIpc) is 2.56. The third-order valence-electron chi connectivity index (χ3n) is 2.99. The number of nitrogens with zero attached hydrogens (tertiary/aromatic N) is 2. The smallest absolute Gasteiger partial charge is 0.206 e. The molecule has 0 bridgehead atoms. The third kappa shape index (κ3) is 3.93. The standard InChI is InChI=1S/C14H16N2O4S3/c1-15(22(17,18)13-9-5-3-6-10-13)21-16(2)23(19,20)14-11-7-4-8-12-14/h3-12H,1-2H3. The van der Waals surface area contributed by atoms with Gasteiger partial charge in [0.05, 0.1) is 9.79 Å². The van der Waals surface area contributed by atoms with Crippen molar-refractivity contribution in [1.82, 2.24) is 7.42 Å². The van der Waals surface area contributed by atoms with Crippen LogP contribution in [-0.2, 0) is 20.0 Å². The first-order valence-electron chi connectivity index (χ1n) is 6.52. The molecule has 124 valence electrons. The van der Waals surface area contributed by atoms with Crippen molar-refractivity contribution >= 4 is 32.2 Å². The van der Waals surface area contributed by atoms with Crippen LogP contribution in [0.1, 0.15) is 0 Å². The fourth-order valence-electron chi connectivity index (χ4n) is 1.73. The van der Waals surface area contributed by atoms with E-state index in [0.29, 0.717) is 12.1 Å². The summed E-state index contributed by atoms with van der Waals surface area (Å²) in [6.07, 6.45) is 0. The maximum Gasteiger partial charge on any atom is 0.253 e. The Morgan fingerprint density at radius 3 is 1.26 bits per heavy atom. The topological polar surface area (TPSA) is 74.8 Å². The van der Waals surface area contributed by atoms with Gasteiger partial charge in [0.25, 0.3) is 20.0 Å². The zero-order chi connectivity index (χ0) is 17.1. The van der Waals surface area contributed by atoms with Crippen molar-refractivity contribution in [3.63, 3.8) is 0 Å². The van der Waals surface area contributed by atoms with E-state index in [0.717, 1.165) is 7.42 Å². The van der Waals surface area contributed by atoms with Crippen LogP contribution < -0.4 is 0 Å². The number of hydrogen-bond acceptors (Lipinski definition) is 5. The molecule has 0 amide bonds. The molecule has 0 aliphatic rings. The van der Waals surface area contributed by atoms with Crippen molar-refractivity contribution in [2.75, 3.05) is 14.1 Å². The minimum Gasteiger partial charge on any atom is -0.206 e. The number of sulfonamides is 2. The summed E-state index contributed by atoms with van der Waals surface area (Å²) in [5.74, 6) is 0. The summed E-state index contributed by atoms with van der Waals surface area (Å²) in [6, 6.07) is 15.7. The van der Waals surface area contributed by atoms with Gasteiger partial charge in [-0.3, -0.25) is 0 Å². The van der Waals surface area contributed by atoms with E-state index >= 15 is 0 Å². The molecule has 2 rings (SSSR count). The molecule has 9 heteroatoms. The lowest BCUT2D eigenvalue weighted by atomic mass is 10.4. The van der Waals surface area contributed by atoms with Crippen LogP contribution in [-0.4, -0.2) is 38.4 Å². The highest BCUT2D eigenvalue weighted by Crippen LogP contribution is 2.27. The van der Waals surface area contributed by atoms with Crippen molar-refractivity contribution in [2.24, 2.45) is 0 Å². The van der Waals surface area contributed by atoms with Gasteiger partial charge >= 0.3 is 0 Å². The predicted octanol–water partition coefficient (Wildman–Crippen LogP) is 2.19. The number of rotatable bonds is 6. The van der Waals surface area contributed by atoms with Gasteiger partial charge in [0.15, 0.2) is 0 Å². The van der Waals surface area contributed by atoms with Crippen LogP contribution in [0.4, 0.5) is 0 Å². The summed E-state index contributed by atoms with van der Waals surface area (Å²) in [5, 5.41) is 0. The first kappa shape index (κ1) is 18.0. The van der Waals surface area contributed by atoms with Gasteiger partial charge < -0.3 is 0 Å². The minimum absolute atomic E-state index is 0.0977. The second kappa shape index (κ2) is 7.02. The van der Waals surface area contributed by atoms with E-state index in [1.165, 1.54) is 38.4 Å². The summed E-state index contributed by atoms with van der Waals surface area (Å²) < 4.78 is 51.5. The lowest BCUT2D eigenvalue weighted by Crippen LogP contribution is -2.29. The summed E-state index contributed by atoms with van der Waals surface area (Å²) in [6.45, 7) is 0. The molecule has 23 heavy (non-hydrogen) atoms. The fraction of sp³-hybridized carbons (Fsp3) is 0.143. The van der Waals surface area contributed by atoms with E-state index in [1.54, 1.807) is 36.4 Å². The Hall–Kier alpha value is -1.39. The molecule has 0 unspecified atom stereocenters. The quantitative estimate of drug-likeness (QED) is 0.727. The lowest BCUT2D eigenvalue weighted by molar-refractivity contribution is 0.552. The van der Waals surface area contributed by atoms with E-state index in [-0.39, 0.29) is 9.79 Å². The molecule has 0 radical (unpaired) electrons. The molecule has 0 fully saturated rings. The highest BCUT2D eigenvalue weighted by molar-refractivity contribution is 8.13. The summed E-state index contributed by atoms with van der Waals surface area (Å²) in [4.78, 5) is 0.195. The zero-order valence-electron chi connectivity index (χ0n) is 12.5. The van der Waals surface area contributed by atoms with Crippen LogP contribution in [0.3, 0.4) is 0 Å². The van der Waals surface area contributed by atoms with E-state index in [1.807, 2.05) is 0 Å². The Kier molecular flexibility index (Phi) is 5.48. The minimum atomic E-state index is -3.79. The SMILES string of the molecule is CN(SN(C)S(=O)(=O)c1ccccc1)S(=O)(=O)c1ccccc1. The largest absolute Gasteiger partial charge is 0.253 e. The van der Waals surface area contributed by atoms with Crippen molar-refractivity contribution in [2.45, 2.75) is 9.79 Å². The van der Waals surface area contributed by atoms with E-state index in [9.17, 15) is 16.8 Å². The number of benzene rings is 2. The zero-order valence-corrected chi connectivity index (χ0v) is 15.0. The van der Waals surface area contributed by atoms with Crippen molar-refractivity contribution in [3.8, 4) is 0 Å². The van der Waals surface area contributed by atoms with Gasteiger partial charge in [-0.15, -0.1) is 7.42 Å². The molecule has 0 aliphatic heterocycles. The van der Waals surface area contributed by atoms with E-state index in [4.69, 9.17) is 0 Å². The molecule has 0 saturated carbocycles. The van der Waals surface area contributed by atoms with Crippen LogP contribution >= 0.6 is 12.1 Å². The molecule has 2 aromatic rings. The second-order valence-corrected chi connectivity index (χ2v) is 10.2. The van der Waals surface area contributed by atoms with Gasteiger partial charge in [-0.1, -0.05) is 36.4 Å². The highest BCUT2D eigenvalue weighted by atomic mass is 32.3. The Labute approximate surface area is 141 Å². The second-order valence-electron chi connectivity index (χ2n) is 4.54. The van der Waals surface area contributed by atoms with Crippen molar-refractivity contribution in [1.29, 1.82) is 0 Å². The van der Waals surface area contributed by atoms with Crippen LogP contribution in [0.25, 0.3) is 0 Å². The molecule has 2 aromatic carbocycles. The van der Waals surface area contributed by atoms with Crippen LogP contribution in [0.2, 0.25) is 0 Å².